The van der Waals surface area contributed by atoms with Gasteiger partial charge in [0.05, 0.1) is 29.8 Å². The van der Waals surface area contributed by atoms with Gasteiger partial charge >= 0.3 is 5.97 Å². The molecule has 1 spiro atoms. The van der Waals surface area contributed by atoms with Gasteiger partial charge in [-0.1, -0.05) is 24.3 Å². The molecule has 9 heteroatoms. The number of ether oxygens (including phenoxy) is 1. The number of likely N-dealkylation sites (tertiary alicyclic amines) is 1. The molecule has 5 rings (SSSR count). The van der Waals surface area contributed by atoms with Crippen molar-refractivity contribution in [3.05, 3.63) is 48.6 Å². The number of cyclic esters (lactones) is 1. The van der Waals surface area contributed by atoms with Crippen molar-refractivity contribution < 1.29 is 24.2 Å². The predicted molar refractivity (Wildman–Crippen MR) is 149 cm³/mol. The van der Waals surface area contributed by atoms with Crippen LogP contribution in [0.3, 0.4) is 0 Å². The fraction of sp³-hybridized carbons (Fsp3) is 0.552. The molecule has 1 N–H and O–H groups in total. The number of benzene rings is 1. The first kappa shape index (κ1) is 26.8. The molecule has 0 aliphatic carbocycles. The molecule has 1 aromatic rings. The number of nitrogens with zero attached hydrogens (tertiary/aromatic N) is 3. The minimum absolute atomic E-state index is 0.0327. The van der Waals surface area contributed by atoms with Crippen molar-refractivity contribution in [1.82, 2.24) is 4.90 Å². The molecule has 0 radical (unpaired) electrons. The number of hydrogen-bond donors (Lipinski definition) is 1. The molecule has 0 saturated carbocycles. The van der Waals surface area contributed by atoms with Gasteiger partial charge in [0.25, 0.3) is 5.91 Å². The molecule has 204 valence electrons. The highest BCUT2D eigenvalue weighted by Gasteiger charge is 2.73. The van der Waals surface area contributed by atoms with E-state index in [2.05, 4.69) is 24.8 Å². The number of carbonyl (C=O) groups excluding carboxylic acids is 3. The zero-order chi connectivity index (χ0) is 27.1. The van der Waals surface area contributed by atoms with Gasteiger partial charge < -0.3 is 24.5 Å². The summed E-state index contributed by atoms with van der Waals surface area (Å²) in [5.74, 6) is -2.34. The van der Waals surface area contributed by atoms with Crippen LogP contribution < -0.4 is 9.80 Å². The van der Waals surface area contributed by atoms with E-state index in [-0.39, 0.29) is 30.9 Å². The van der Waals surface area contributed by atoms with Gasteiger partial charge in [-0.3, -0.25) is 14.4 Å². The smallest absolute Gasteiger partial charge is 0.311 e. The lowest BCUT2D eigenvalue weighted by Crippen LogP contribution is -2.54. The molecule has 5 atom stereocenters. The van der Waals surface area contributed by atoms with E-state index in [1.807, 2.05) is 49.4 Å². The van der Waals surface area contributed by atoms with Crippen LogP contribution in [0.4, 0.5) is 11.4 Å². The standard InChI is InChI=1S/C29H37N3O5S/c1-4-30(5-2)20-10-12-21(13-11-20)31-16-9-15-29-22(25(34)32(17-18-33)24(29)26(31)35)23-27(36)37-19-8-6-7-14-28(23,3)38-29/h7,9-15,22-24,33H,4-6,8,16-19H2,1-3H3/b14-7-/t22-,23-,24?,28+,29-/m0/s1. The normalized spacial score (nSPS) is 33.5. The van der Waals surface area contributed by atoms with E-state index in [9.17, 15) is 19.5 Å². The molecule has 2 amide bonds. The van der Waals surface area contributed by atoms with Gasteiger partial charge in [-0.05, 0) is 57.9 Å². The number of esters is 1. The van der Waals surface area contributed by atoms with E-state index in [1.165, 1.54) is 16.7 Å². The summed E-state index contributed by atoms with van der Waals surface area (Å²) in [5, 5.41) is 9.87. The van der Waals surface area contributed by atoms with Crippen LogP contribution in [0.5, 0.6) is 0 Å². The maximum Gasteiger partial charge on any atom is 0.311 e. The van der Waals surface area contributed by atoms with Crippen molar-refractivity contribution in [3.8, 4) is 0 Å². The Balaban J connectivity index is 1.57. The quantitative estimate of drug-likeness (QED) is 0.439. The van der Waals surface area contributed by atoms with E-state index >= 15 is 0 Å². The SMILES string of the molecule is CCN(CC)c1ccc(N2CC=C[C@]34S[C@]5(C)/C=C\CCCOC(=O)[C@@H]5[C@H]3C(=O)N(CCO)C4C2=O)cc1. The minimum Gasteiger partial charge on any atom is -0.465 e. The molecule has 4 aliphatic rings. The zero-order valence-electron chi connectivity index (χ0n) is 22.3. The van der Waals surface area contributed by atoms with Crippen molar-refractivity contribution in [2.75, 3.05) is 49.2 Å². The number of thioether (sulfide) groups is 1. The number of allylic oxidation sites excluding steroid dienone is 1. The van der Waals surface area contributed by atoms with Crippen LogP contribution in [0.25, 0.3) is 0 Å². The summed E-state index contributed by atoms with van der Waals surface area (Å²) in [5.41, 5.74) is 1.84. The van der Waals surface area contributed by atoms with Crippen LogP contribution in [0, 0.1) is 11.8 Å². The fourth-order valence-electron chi connectivity index (χ4n) is 6.65. The molecular formula is C29H37N3O5S. The Bertz CT molecular complexity index is 1150. The van der Waals surface area contributed by atoms with Gasteiger partial charge in [-0.25, -0.2) is 0 Å². The van der Waals surface area contributed by atoms with Crippen molar-refractivity contribution in [2.24, 2.45) is 11.8 Å². The second kappa shape index (κ2) is 10.4. The molecule has 1 unspecified atom stereocenters. The summed E-state index contributed by atoms with van der Waals surface area (Å²) in [6.07, 6.45) is 9.56. The number of carbonyl (C=O) groups is 3. The number of aliphatic hydroxyl groups is 1. The third-order valence-corrected chi connectivity index (χ3v) is 10.2. The van der Waals surface area contributed by atoms with Crippen LogP contribution in [0.1, 0.15) is 33.6 Å². The van der Waals surface area contributed by atoms with Gasteiger partial charge in [0.1, 0.15) is 6.04 Å². The largest absolute Gasteiger partial charge is 0.465 e. The number of anilines is 2. The second-order valence-corrected chi connectivity index (χ2v) is 12.3. The van der Waals surface area contributed by atoms with Crippen molar-refractivity contribution in [3.63, 3.8) is 0 Å². The fourth-order valence-corrected chi connectivity index (χ4v) is 8.80. The first-order chi connectivity index (χ1) is 18.3. The monoisotopic (exact) mass is 539 g/mol. The summed E-state index contributed by atoms with van der Waals surface area (Å²) in [4.78, 5) is 47.2. The molecule has 4 heterocycles. The number of fused-ring (bicyclic) bond motifs is 2. The summed E-state index contributed by atoms with van der Waals surface area (Å²) in [6.45, 7) is 8.41. The Kier molecular flexibility index (Phi) is 7.35. The molecule has 4 aliphatic heterocycles. The van der Waals surface area contributed by atoms with Crippen molar-refractivity contribution >= 4 is 40.9 Å². The number of amides is 2. The highest BCUT2D eigenvalue weighted by molar-refractivity contribution is 8.02. The first-order valence-electron chi connectivity index (χ1n) is 13.6. The lowest BCUT2D eigenvalue weighted by Gasteiger charge is -2.36. The average molecular weight is 540 g/mol. The second-order valence-electron chi connectivity index (χ2n) is 10.5. The molecule has 8 nitrogen and oxygen atoms in total. The van der Waals surface area contributed by atoms with Crippen LogP contribution in [0.2, 0.25) is 0 Å². The van der Waals surface area contributed by atoms with Crippen LogP contribution in [0.15, 0.2) is 48.6 Å². The highest BCUT2D eigenvalue weighted by Crippen LogP contribution is 2.65. The first-order valence-corrected chi connectivity index (χ1v) is 14.4. The topological polar surface area (TPSA) is 90.4 Å². The average Bonchev–Trinajstić information content (AvgIpc) is 3.25. The lowest BCUT2D eigenvalue weighted by atomic mass is 9.74. The molecule has 38 heavy (non-hydrogen) atoms. The third kappa shape index (κ3) is 4.14. The van der Waals surface area contributed by atoms with E-state index in [1.54, 1.807) is 4.90 Å². The van der Waals surface area contributed by atoms with Crippen molar-refractivity contribution in [1.29, 1.82) is 0 Å². The van der Waals surface area contributed by atoms with Crippen molar-refractivity contribution in [2.45, 2.75) is 49.1 Å². The van der Waals surface area contributed by atoms with E-state index < -0.39 is 27.4 Å². The summed E-state index contributed by atoms with van der Waals surface area (Å²) >= 11 is 1.52. The third-order valence-electron chi connectivity index (χ3n) is 8.38. The number of β-amino-alcohol motifs (C(OH)–C–C–N with tert-alkyl or cyclic N) is 1. The van der Waals surface area contributed by atoms with Gasteiger partial charge in [-0.15, -0.1) is 11.8 Å². The van der Waals surface area contributed by atoms with Crippen LogP contribution >= 0.6 is 11.8 Å². The Hall–Kier alpha value is -2.78. The van der Waals surface area contributed by atoms with Crippen LogP contribution in [-0.4, -0.2) is 82.7 Å². The van der Waals surface area contributed by atoms with Gasteiger partial charge in [-0.2, -0.15) is 0 Å². The molecule has 0 aromatic heterocycles. The van der Waals surface area contributed by atoms with E-state index in [0.717, 1.165) is 37.3 Å². The molecule has 2 saturated heterocycles. The summed E-state index contributed by atoms with van der Waals surface area (Å²) in [6, 6.07) is 7.09. The highest BCUT2D eigenvalue weighted by atomic mass is 32.2. The Morgan fingerprint density at radius 3 is 2.47 bits per heavy atom. The summed E-state index contributed by atoms with van der Waals surface area (Å²) in [7, 11) is 0. The Morgan fingerprint density at radius 2 is 1.79 bits per heavy atom. The van der Waals surface area contributed by atoms with E-state index in [4.69, 9.17) is 4.74 Å². The maximum absolute atomic E-state index is 14.4. The molecule has 1 aromatic carbocycles. The number of aliphatic hydroxyl groups excluding tert-OH is 1. The lowest BCUT2D eigenvalue weighted by molar-refractivity contribution is -0.154. The van der Waals surface area contributed by atoms with Gasteiger partial charge in [0.2, 0.25) is 5.91 Å². The van der Waals surface area contributed by atoms with E-state index in [0.29, 0.717) is 13.2 Å². The maximum atomic E-state index is 14.4. The summed E-state index contributed by atoms with van der Waals surface area (Å²) < 4.78 is 3.99. The number of hydrogen-bond acceptors (Lipinski definition) is 7. The minimum atomic E-state index is -0.943. The predicted octanol–water partition coefficient (Wildman–Crippen LogP) is 3.01. The number of rotatable bonds is 6. The van der Waals surface area contributed by atoms with Crippen LogP contribution in [-0.2, 0) is 19.1 Å². The van der Waals surface area contributed by atoms with Gasteiger partial charge in [0.15, 0.2) is 0 Å². The van der Waals surface area contributed by atoms with Gasteiger partial charge in [0, 0.05) is 42.3 Å². The molecule has 0 bridgehead atoms. The molecule has 2 fully saturated rings. The Labute approximate surface area is 228 Å². The Morgan fingerprint density at radius 1 is 1.05 bits per heavy atom. The zero-order valence-corrected chi connectivity index (χ0v) is 23.2. The molecular weight excluding hydrogens is 502 g/mol.